The molecule has 0 spiro atoms. The number of fused-ring (bicyclic) bond motifs is 11. The van der Waals surface area contributed by atoms with Crippen LogP contribution < -0.4 is 4.90 Å². The molecule has 0 saturated heterocycles. The molecule has 234 valence electrons. The van der Waals surface area contributed by atoms with Gasteiger partial charge in [-0.2, -0.15) is 0 Å². The van der Waals surface area contributed by atoms with Gasteiger partial charge in [0.2, 0.25) is 0 Å². The zero-order chi connectivity index (χ0) is 32.8. The van der Waals surface area contributed by atoms with Gasteiger partial charge in [0.15, 0.2) is 5.58 Å². The van der Waals surface area contributed by atoms with Crippen LogP contribution in [0.3, 0.4) is 0 Å². The van der Waals surface area contributed by atoms with Crippen molar-refractivity contribution in [3.63, 3.8) is 0 Å². The summed E-state index contributed by atoms with van der Waals surface area (Å²) in [6, 6.07) is 58.2. The van der Waals surface area contributed by atoms with Crippen LogP contribution in [-0.4, -0.2) is 0 Å². The van der Waals surface area contributed by atoms with E-state index in [0.717, 1.165) is 71.7 Å². The van der Waals surface area contributed by atoms with Crippen LogP contribution >= 0.6 is 11.3 Å². The number of furan rings is 2. The smallest absolute Gasteiger partial charge is 0.159 e. The predicted octanol–water partition coefficient (Wildman–Crippen LogP) is 14.1. The summed E-state index contributed by atoms with van der Waals surface area (Å²) in [5.74, 6) is 0. The minimum absolute atomic E-state index is 0.850. The van der Waals surface area contributed by atoms with Gasteiger partial charge >= 0.3 is 0 Å². The Morgan fingerprint density at radius 1 is 0.400 bits per heavy atom. The lowest BCUT2D eigenvalue weighted by molar-refractivity contribution is 0.669. The van der Waals surface area contributed by atoms with E-state index in [1.54, 1.807) is 0 Å². The van der Waals surface area contributed by atoms with Crippen molar-refractivity contribution in [2.75, 3.05) is 4.90 Å². The molecule has 0 bridgehead atoms. The second-order valence-electron chi connectivity index (χ2n) is 12.8. The van der Waals surface area contributed by atoms with E-state index < -0.39 is 0 Å². The lowest BCUT2D eigenvalue weighted by Crippen LogP contribution is -2.10. The minimum Gasteiger partial charge on any atom is -0.455 e. The highest BCUT2D eigenvalue weighted by molar-refractivity contribution is 7.25. The molecule has 0 aliphatic carbocycles. The Morgan fingerprint density at radius 3 is 2.00 bits per heavy atom. The SMILES string of the molecule is c1ccc2c(c1)ccc1c2oc2cccc(N(c3ccc(-c4cccc5sc6ccccc6c45)cc3)c3cccc4c3oc3ccccc34)c21. The average Bonchev–Trinajstić information content (AvgIpc) is 3.87. The molecule has 0 N–H and O–H groups in total. The molecule has 0 atom stereocenters. The Morgan fingerprint density at radius 2 is 1.08 bits per heavy atom. The summed E-state index contributed by atoms with van der Waals surface area (Å²) >= 11 is 1.85. The second-order valence-corrected chi connectivity index (χ2v) is 13.9. The molecule has 0 aliphatic rings. The molecule has 11 rings (SSSR count). The lowest BCUT2D eigenvalue weighted by Gasteiger charge is -2.26. The Bertz CT molecular complexity index is 3110. The largest absolute Gasteiger partial charge is 0.455 e. The summed E-state index contributed by atoms with van der Waals surface area (Å²) in [7, 11) is 0. The third-order valence-corrected chi connectivity index (χ3v) is 11.2. The van der Waals surface area contributed by atoms with E-state index in [1.165, 1.54) is 31.3 Å². The normalized spacial score (nSPS) is 12.0. The van der Waals surface area contributed by atoms with E-state index in [-0.39, 0.29) is 0 Å². The third-order valence-electron chi connectivity index (χ3n) is 10.1. The number of hydrogen-bond donors (Lipinski definition) is 0. The molecule has 4 heteroatoms. The Balaban J connectivity index is 1.17. The molecule has 0 aliphatic heterocycles. The Kier molecular flexibility index (Phi) is 5.83. The molecule has 8 aromatic carbocycles. The fourth-order valence-electron chi connectivity index (χ4n) is 7.84. The van der Waals surface area contributed by atoms with Gasteiger partial charge in [-0.3, -0.25) is 0 Å². The molecule has 0 radical (unpaired) electrons. The molecule has 0 fully saturated rings. The molecule has 3 nitrogen and oxygen atoms in total. The van der Waals surface area contributed by atoms with Crippen molar-refractivity contribution in [3.05, 3.63) is 164 Å². The van der Waals surface area contributed by atoms with Crippen molar-refractivity contribution >= 4 is 103 Å². The van der Waals surface area contributed by atoms with Crippen LogP contribution in [0.1, 0.15) is 0 Å². The zero-order valence-electron chi connectivity index (χ0n) is 26.8. The molecular weight excluding hydrogens is 631 g/mol. The molecule has 50 heavy (non-hydrogen) atoms. The number of rotatable bonds is 4. The fourth-order valence-corrected chi connectivity index (χ4v) is 8.98. The van der Waals surface area contributed by atoms with E-state index in [9.17, 15) is 0 Å². The summed E-state index contributed by atoms with van der Waals surface area (Å²) in [6.45, 7) is 0. The fraction of sp³-hybridized carbons (Fsp3) is 0. The molecule has 3 heterocycles. The first kappa shape index (κ1) is 27.6. The van der Waals surface area contributed by atoms with Crippen molar-refractivity contribution < 1.29 is 8.83 Å². The number of hydrogen-bond acceptors (Lipinski definition) is 4. The van der Waals surface area contributed by atoms with Crippen molar-refractivity contribution in [2.45, 2.75) is 0 Å². The van der Waals surface area contributed by atoms with Crippen LogP contribution in [0.25, 0.3) is 85.9 Å². The molecule has 11 aromatic rings. The van der Waals surface area contributed by atoms with Crippen molar-refractivity contribution in [3.8, 4) is 11.1 Å². The number of thiophene rings is 1. The maximum absolute atomic E-state index is 6.66. The molecule has 3 aromatic heterocycles. The van der Waals surface area contributed by atoms with Gasteiger partial charge in [0.05, 0.1) is 16.8 Å². The number of nitrogens with zero attached hydrogens (tertiary/aromatic N) is 1. The van der Waals surface area contributed by atoms with Crippen LogP contribution in [0.5, 0.6) is 0 Å². The quantitative estimate of drug-likeness (QED) is 0.189. The monoisotopic (exact) mass is 657 g/mol. The van der Waals surface area contributed by atoms with Gasteiger partial charge in [-0.05, 0) is 71.1 Å². The predicted molar refractivity (Wildman–Crippen MR) is 212 cm³/mol. The van der Waals surface area contributed by atoms with Crippen LogP contribution in [0.2, 0.25) is 0 Å². The average molecular weight is 658 g/mol. The summed E-state index contributed by atoms with van der Waals surface area (Å²) in [5.41, 5.74) is 8.94. The van der Waals surface area contributed by atoms with Gasteiger partial charge in [-0.25, -0.2) is 0 Å². The minimum atomic E-state index is 0.850. The first-order valence-electron chi connectivity index (χ1n) is 16.8. The van der Waals surface area contributed by atoms with E-state index in [1.807, 2.05) is 23.5 Å². The number of anilines is 3. The number of para-hydroxylation sites is 2. The highest BCUT2D eigenvalue weighted by Crippen LogP contribution is 2.48. The standard InChI is InChI=1S/C46H27NO2S/c1-2-11-32-28(10-1)24-27-36-44-37(16-9-19-40(44)49-45(32)36)47(38-17-7-15-34-33-12-3-5-18-39(33)48-46(34)38)30-25-22-29(23-26-30)31-14-8-21-42-43(31)35-13-4-6-20-41(35)50-42/h1-27H. The van der Waals surface area contributed by atoms with Gasteiger partial charge in [-0.1, -0.05) is 109 Å². The van der Waals surface area contributed by atoms with Crippen LogP contribution in [-0.2, 0) is 0 Å². The number of benzene rings is 8. The first-order valence-corrected chi connectivity index (χ1v) is 17.7. The highest BCUT2D eigenvalue weighted by Gasteiger charge is 2.24. The Labute approximate surface area is 290 Å². The molecule has 0 amide bonds. The third kappa shape index (κ3) is 3.97. The second kappa shape index (κ2) is 10.6. The van der Waals surface area contributed by atoms with Crippen LogP contribution in [0, 0.1) is 0 Å². The van der Waals surface area contributed by atoms with Gasteiger partial charge in [0.1, 0.15) is 16.7 Å². The maximum atomic E-state index is 6.66. The van der Waals surface area contributed by atoms with Gasteiger partial charge in [0, 0.05) is 47.4 Å². The van der Waals surface area contributed by atoms with E-state index in [4.69, 9.17) is 8.83 Å². The van der Waals surface area contributed by atoms with Gasteiger partial charge in [0.25, 0.3) is 0 Å². The summed E-state index contributed by atoms with van der Waals surface area (Å²) < 4.78 is 15.9. The molecular formula is C46H27NO2S. The first-order chi connectivity index (χ1) is 24.8. The summed E-state index contributed by atoms with van der Waals surface area (Å²) in [4.78, 5) is 2.33. The van der Waals surface area contributed by atoms with Crippen LogP contribution in [0.4, 0.5) is 17.1 Å². The summed E-state index contributed by atoms with van der Waals surface area (Å²) in [6.07, 6.45) is 0. The van der Waals surface area contributed by atoms with E-state index in [2.05, 4.69) is 157 Å². The van der Waals surface area contributed by atoms with E-state index in [0.29, 0.717) is 0 Å². The summed E-state index contributed by atoms with van der Waals surface area (Å²) in [5, 5.41) is 9.23. The van der Waals surface area contributed by atoms with Gasteiger partial charge < -0.3 is 13.7 Å². The topological polar surface area (TPSA) is 29.5 Å². The highest BCUT2D eigenvalue weighted by atomic mass is 32.1. The van der Waals surface area contributed by atoms with Crippen molar-refractivity contribution in [2.24, 2.45) is 0 Å². The molecule has 0 unspecified atom stereocenters. The van der Waals surface area contributed by atoms with Crippen molar-refractivity contribution in [1.29, 1.82) is 0 Å². The lowest BCUT2D eigenvalue weighted by atomic mass is 9.99. The molecule has 0 saturated carbocycles. The van der Waals surface area contributed by atoms with Crippen molar-refractivity contribution in [1.82, 2.24) is 0 Å². The van der Waals surface area contributed by atoms with Gasteiger partial charge in [-0.15, -0.1) is 11.3 Å². The van der Waals surface area contributed by atoms with E-state index >= 15 is 0 Å². The zero-order valence-corrected chi connectivity index (χ0v) is 27.6. The Hall–Kier alpha value is -6.36. The van der Waals surface area contributed by atoms with Crippen LogP contribution in [0.15, 0.2) is 173 Å². The maximum Gasteiger partial charge on any atom is 0.159 e.